The van der Waals surface area contributed by atoms with Crippen molar-refractivity contribution in [3.8, 4) is 0 Å². The second-order valence-electron chi connectivity index (χ2n) is 5.12. The van der Waals surface area contributed by atoms with E-state index in [2.05, 4.69) is 21.2 Å². The minimum absolute atomic E-state index is 0.0117. The lowest BCUT2D eigenvalue weighted by Crippen LogP contribution is -2.43. The zero-order valence-corrected chi connectivity index (χ0v) is 13.1. The first-order valence-electron chi connectivity index (χ1n) is 6.54. The maximum absolute atomic E-state index is 12.5. The van der Waals surface area contributed by atoms with E-state index < -0.39 is 5.41 Å². The monoisotopic (exact) mass is 344 g/mol. The largest absolute Gasteiger partial charge is 0.329 e. The maximum atomic E-state index is 12.5. The summed E-state index contributed by atoms with van der Waals surface area (Å²) in [5.74, 6) is 0.0117. The van der Waals surface area contributed by atoms with Crippen LogP contribution in [0.15, 0.2) is 22.7 Å². The van der Waals surface area contributed by atoms with Crippen LogP contribution >= 0.6 is 27.5 Å². The fourth-order valence-electron chi connectivity index (χ4n) is 2.60. The van der Waals surface area contributed by atoms with Crippen molar-refractivity contribution < 1.29 is 4.79 Å². The third kappa shape index (κ3) is 3.30. The smallest absolute Gasteiger partial charge is 0.231 e. The molecule has 0 saturated heterocycles. The summed E-state index contributed by atoms with van der Waals surface area (Å²) < 4.78 is 0.827. The predicted molar refractivity (Wildman–Crippen MR) is 82.4 cm³/mol. The number of rotatable bonds is 3. The number of nitrogens with two attached hydrogens (primary N) is 1. The summed E-state index contributed by atoms with van der Waals surface area (Å²) in [5.41, 5.74) is 6.15. The molecule has 1 aliphatic rings. The molecule has 2 rings (SSSR count). The zero-order valence-electron chi connectivity index (χ0n) is 10.7. The minimum atomic E-state index is -0.417. The van der Waals surface area contributed by atoms with E-state index in [-0.39, 0.29) is 5.91 Å². The van der Waals surface area contributed by atoms with Crippen LogP contribution in [-0.4, -0.2) is 12.5 Å². The number of carbonyl (C=O) groups is 1. The molecule has 1 aromatic carbocycles. The van der Waals surface area contributed by atoms with Crippen molar-refractivity contribution in [3.05, 3.63) is 27.7 Å². The molecule has 1 fully saturated rings. The second kappa shape index (κ2) is 6.25. The SMILES string of the molecule is NCC1(C(=O)Nc2cc(Cl)ccc2Br)CCCCC1. The summed E-state index contributed by atoms with van der Waals surface area (Å²) in [6, 6.07) is 5.35. The van der Waals surface area contributed by atoms with Gasteiger partial charge in [0.1, 0.15) is 0 Å². The van der Waals surface area contributed by atoms with Crippen molar-refractivity contribution in [1.29, 1.82) is 0 Å². The van der Waals surface area contributed by atoms with Gasteiger partial charge in [-0.25, -0.2) is 0 Å². The molecule has 0 aromatic heterocycles. The molecule has 0 spiro atoms. The lowest BCUT2D eigenvalue weighted by molar-refractivity contribution is -0.126. The second-order valence-corrected chi connectivity index (χ2v) is 6.41. The van der Waals surface area contributed by atoms with E-state index in [0.717, 1.165) is 30.2 Å². The summed E-state index contributed by atoms with van der Waals surface area (Å²) in [6.07, 6.45) is 5.07. The van der Waals surface area contributed by atoms with Crippen LogP contribution in [0.1, 0.15) is 32.1 Å². The highest BCUT2D eigenvalue weighted by Crippen LogP contribution is 2.37. The number of anilines is 1. The molecule has 0 radical (unpaired) electrons. The molecular weight excluding hydrogens is 328 g/mol. The number of amides is 1. The average molecular weight is 346 g/mol. The topological polar surface area (TPSA) is 55.1 Å². The Morgan fingerprint density at radius 2 is 2.05 bits per heavy atom. The van der Waals surface area contributed by atoms with Crippen LogP contribution in [0.2, 0.25) is 5.02 Å². The molecule has 0 heterocycles. The van der Waals surface area contributed by atoms with Crippen molar-refractivity contribution >= 4 is 39.1 Å². The fraction of sp³-hybridized carbons (Fsp3) is 0.500. The van der Waals surface area contributed by atoms with Crippen molar-refractivity contribution in [2.24, 2.45) is 11.1 Å². The molecule has 3 nitrogen and oxygen atoms in total. The first-order valence-corrected chi connectivity index (χ1v) is 7.71. The third-order valence-corrected chi connectivity index (χ3v) is 4.79. The van der Waals surface area contributed by atoms with E-state index in [0.29, 0.717) is 17.3 Å². The van der Waals surface area contributed by atoms with Crippen molar-refractivity contribution in [3.63, 3.8) is 0 Å². The normalized spacial score (nSPS) is 18.1. The Morgan fingerprint density at radius 1 is 1.37 bits per heavy atom. The van der Waals surface area contributed by atoms with Crippen LogP contribution in [-0.2, 0) is 4.79 Å². The first-order chi connectivity index (χ1) is 9.07. The van der Waals surface area contributed by atoms with E-state index in [1.165, 1.54) is 6.42 Å². The van der Waals surface area contributed by atoms with Gasteiger partial charge in [0.25, 0.3) is 0 Å². The highest BCUT2D eigenvalue weighted by Gasteiger charge is 2.38. The summed E-state index contributed by atoms with van der Waals surface area (Å²) in [4.78, 5) is 12.5. The number of nitrogens with one attached hydrogen (secondary N) is 1. The van der Waals surface area contributed by atoms with E-state index in [9.17, 15) is 4.79 Å². The quantitative estimate of drug-likeness (QED) is 0.871. The summed E-state index contributed by atoms with van der Waals surface area (Å²) >= 11 is 9.38. The molecule has 5 heteroatoms. The van der Waals surface area contributed by atoms with Crippen molar-refractivity contribution in [2.75, 3.05) is 11.9 Å². The molecule has 0 aliphatic heterocycles. The lowest BCUT2D eigenvalue weighted by Gasteiger charge is -2.34. The van der Waals surface area contributed by atoms with Gasteiger partial charge in [0.2, 0.25) is 5.91 Å². The molecule has 104 valence electrons. The zero-order chi connectivity index (χ0) is 13.9. The predicted octanol–water partition coefficient (Wildman–Crippen LogP) is 3.95. The number of hydrogen-bond acceptors (Lipinski definition) is 2. The van der Waals surface area contributed by atoms with Gasteiger partial charge in [0.15, 0.2) is 0 Å². The van der Waals surface area contributed by atoms with Gasteiger partial charge in [-0.3, -0.25) is 4.79 Å². The van der Waals surface area contributed by atoms with Crippen LogP contribution < -0.4 is 11.1 Å². The summed E-state index contributed by atoms with van der Waals surface area (Å²) in [7, 11) is 0. The Bertz CT molecular complexity index is 473. The molecule has 0 bridgehead atoms. The van der Waals surface area contributed by atoms with Crippen LogP contribution in [0.5, 0.6) is 0 Å². The molecule has 0 unspecified atom stereocenters. The summed E-state index contributed by atoms with van der Waals surface area (Å²) in [6.45, 7) is 0.400. The highest BCUT2D eigenvalue weighted by molar-refractivity contribution is 9.10. The standard InChI is InChI=1S/C14H18BrClN2O/c15-11-5-4-10(16)8-12(11)18-13(19)14(9-17)6-2-1-3-7-14/h4-5,8H,1-3,6-7,9,17H2,(H,18,19). The van der Waals surface area contributed by atoms with Crippen LogP contribution in [0.4, 0.5) is 5.69 Å². The van der Waals surface area contributed by atoms with E-state index >= 15 is 0 Å². The molecule has 3 N–H and O–H groups in total. The Morgan fingerprint density at radius 3 is 2.68 bits per heavy atom. The van der Waals surface area contributed by atoms with Crippen LogP contribution in [0.25, 0.3) is 0 Å². The van der Waals surface area contributed by atoms with Crippen molar-refractivity contribution in [2.45, 2.75) is 32.1 Å². The number of benzene rings is 1. The van der Waals surface area contributed by atoms with Crippen LogP contribution in [0, 0.1) is 5.41 Å². The van der Waals surface area contributed by atoms with Gasteiger partial charge in [-0.05, 0) is 47.0 Å². The molecule has 1 aliphatic carbocycles. The maximum Gasteiger partial charge on any atom is 0.231 e. The number of hydrogen-bond donors (Lipinski definition) is 2. The molecule has 1 amide bonds. The van der Waals surface area contributed by atoms with Gasteiger partial charge in [-0.15, -0.1) is 0 Å². The molecule has 1 saturated carbocycles. The van der Waals surface area contributed by atoms with Gasteiger partial charge >= 0.3 is 0 Å². The van der Waals surface area contributed by atoms with E-state index in [4.69, 9.17) is 17.3 Å². The molecule has 0 atom stereocenters. The molecule has 1 aromatic rings. The van der Waals surface area contributed by atoms with Gasteiger partial charge in [0.05, 0.1) is 11.1 Å². The lowest BCUT2D eigenvalue weighted by atomic mass is 9.73. The minimum Gasteiger partial charge on any atom is -0.329 e. The third-order valence-electron chi connectivity index (χ3n) is 3.86. The molecular formula is C14H18BrClN2O. The first kappa shape index (κ1) is 14.8. The fourth-order valence-corrected chi connectivity index (χ4v) is 3.12. The Kier molecular flexibility index (Phi) is 4.87. The van der Waals surface area contributed by atoms with E-state index in [1.54, 1.807) is 12.1 Å². The average Bonchev–Trinajstić information content (AvgIpc) is 2.43. The van der Waals surface area contributed by atoms with Crippen LogP contribution in [0.3, 0.4) is 0 Å². The Labute approximate surface area is 127 Å². The van der Waals surface area contributed by atoms with Crippen molar-refractivity contribution in [1.82, 2.24) is 0 Å². The Hall–Kier alpha value is -0.580. The molecule has 19 heavy (non-hydrogen) atoms. The van der Waals surface area contributed by atoms with Gasteiger partial charge in [-0.1, -0.05) is 30.9 Å². The van der Waals surface area contributed by atoms with Gasteiger partial charge < -0.3 is 11.1 Å². The Balaban J connectivity index is 2.17. The summed E-state index contributed by atoms with van der Waals surface area (Å²) in [5, 5.41) is 3.56. The number of halogens is 2. The number of carbonyl (C=O) groups excluding carboxylic acids is 1. The highest BCUT2D eigenvalue weighted by atomic mass is 79.9. The van der Waals surface area contributed by atoms with Gasteiger partial charge in [-0.2, -0.15) is 0 Å². The van der Waals surface area contributed by atoms with E-state index in [1.807, 2.05) is 6.07 Å². The van der Waals surface area contributed by atoms with Gasteiger partial charge in [0, 0.05) is 16.0 Å².